The molecule has 5 nitrogen and oxygen atoms in total. The number of hydrogen-bond acceptors (Lipinski definition) is 4. The third-order valence-electron chi connectivity index (χ3n) is 6.57. The van der Waals surface area contributed by atoms with E-state index in [1.54, 1.807) is 12.4 Å². The van der Waals surface area contributed by atoms with Crippen molar-refractivity contribution in [2.45, 2.75) is 45.1 Å². The number of aryl methyl sites for hydroxylation is 3. The topological polar surface area (TPSA) is 55.1 Å². The summed E-state index contributed by atoms with van der Waals surface area (Å²) in [5.41, 5.74) is 8.16. The second-order valence-electron chi connectivity index (χ2n) is 8.35. The molecule has 1 aliphatic heterocycles. The van der Waals surface area contributed by atoms with Gasteiger partial charge in [-0.1, -0.05) is 12.1 Å². The zero-order valence-corrected chi connectivity index (χ0v) is 16.8. The minimum atomic E-state index is -0.114. The first kappa shape index (κ1) is 17.6. The summed E-state index contributed by atoms with van der Waals surface area (Å²) in [5.74, 6) is 1.25. The minimum Gasteiger partial charge on any atom is -0.367 e. The van der Waals surface area contributed by atoms with Gasteiger partial charge in [0.2, 0.25) is 0 Å². The van der Waals surface area contributed by atoms with Gasteiger partial charge in [0, 0.05) is 23.4 Å². The van der Waals surface area contributed by atoms with Gasteiger partial charge in [-0.2, -0.15) is 0 Å². The van der Waals surface area contributed by atoms with Crippen LogP contribution in [0.1, 0.15) is 46.7 Å². The Morgan fingerprint density at radius 1 is 1.10 bits per heavy atom. The summed E-state index contributed by atoms with van der Waals surface area (Å²) in [7, 11) is 0. The molecule has 6 rings (SSSR count). The number of hydrogen-bond donors (Lipinski definition) is 1. The molecule has 0 bridgehead atoms. The van der Waals surface area contributed by atoms with E-state index in [1.807, 2.05) is 35.6 Å². The van der Waals surface area contributed by atoms with Gasteiger partial charge in [-0.25, -0.2) is 4.39 Å². The van der Waals surface area contributed by atoms with Crippen molar-refractivity contribution in [3.63, 3.8) is 0 Å². The molecular weight excluding hydrogens is 377 g/mol. The second-order valence-corrected chi connectivity index (χ2v) is 8.35. The Balaban J connectivity index is 1.52. The number of pyridine rings is 2. The normalized spacial score (nSPS) is 17.6. The Kier molecular flexibility index (Phi) is 3.88. The number of aromatic nitrogens is 4. The van der Waals surface area contributed by atoms with Gasteiger partial charge in [0.25, 0.3) is 0 Å². The summed E-state index contributed by atoms with van der Waals surface area (Å²) in [6.45, 7) is 2.46. The third kappa shape index (κ3) is 2.63. The maximum absolute atomic E-state index is 14.8. The number of fused-ring (bicyclic) bond motifs is 3. The van der Waals surface area contributed by atoms with Crippen molar-refractivity contribution in [2.24, 2.45) is 0 Å². The van der Waals surface area contributed by atoms with Crippen LogP contribution in [-0.2, 0) is 19.4 Å². The molecule has 30 heavy (non-hydrogen) atoms. The minimum absolute atomic E-state index is 0.114. The van der Waals surface area contributed by atoms with Gasteiger partial charge in [-0.15, -0.1) is 10.2 Å². The average Bonchev–Trinajstić information content (AvgIpc) is 3.39. The summed E-state index contributed by atoms with van der Waals surface area (Å²) >= 11 is 0. The van der Waals surface area contributed by atoms with Crippen molar-refractivity contribution >= 4 is 11.5 Å². The van der Waals surface area contributed by atoms with Crippen LogP contribution in [0.5, 0.6) is 0 Å². The fourth-order valence-electron chi connectivity index (χ4n) is 5.17. The predicted molar refractivity (Wildman–Crippen MR) is 114 cm³/mol. The SMILES string of the molecule is Cc1cccc(-c2cc3c(n4cnnc24)NCc2c(F)ccc4c2C(CC4)CC3)n1. The van der Waals surface area contributed by atoms with Gasteiger partial charge in [0.05, 0.1) is 5.69 Å². The smallest absolute Gasteiger partial charge is 0.171 e. The quantitative estimate of drug-likeness (QED) is 0.498. The molecule has 4 heterocycles. The molecule has 1 N–H and O–H groups in total. The number of rotatable bonds is 1. The van der Waals surface area contributed by atoms with Crippen LogP contribution in [0.15, 0.2) is 42.7 Å². The molecule has 150 valence electrons. The van der Waals surface area contributed by atoms with Crippen LogP contribution in [0.25, 0.3) is 16.9 Å². The molecule has 0 saturated heterocycles. The van der Waals surface area contributed by atoms with Crippen LogP contribution in [0, 0.1) is 12.7 Å². The molecule has 0 spiro atoms. The van der Waals surface area contributed by atoms with Crippen LogP contribution in [0.2, 0.25) is 0 Å². The van der Waals surface area contributed by atoms with E-state index in [1.165, 1.54) is 16.7 Å². The fraction of sp³-hybridized carbons (Fsp3) is 0.292. The number of nitrogens with one attached hydrogen (secondary N) is 1. The number of halogens is 1. The Morgan fingerprint density at radius 3 is 2.83 bits per heavy atom. The number of benzene rings is 1. The van der Waals surface area contributed by atoms with E-state index in [9.17, 15) is 4.39 Å². The summed E-state index contributed by atoms with van der Waals surface area (Å²) in [6.07, 6.45) is 5.79. The molecular formula is C24H22FN5. The molecule has 1 aliphatic carbocycles. The van der Waals surface area contributed by atoms with Crippen molar-refractivity contribution in [1.29, 1.82) is 0 Å². The fourth-order valence-corrected chi connectivity index (χ4v) is 5.17. The van der Waals surface area contributed by atoms with Gasteiger partial charge in [0.15, 0.2) is 5.65 Å². The lowest BCUT2D eigenvalue weighted by atomic mass is 9.91. The van der Waals surface area contributed by atoms with Gasteiger partial charge < -0.3 is 5.32 Å². The predicted octanol–water partition coefficient (Wildman–Crippen LogP) is 4.83. The van der Waals surface area contributed by atoms with Crippen LogP contribution in [0.3, 0.4) is 0 Å². The largest absolute Gasteiger partial charge is 0.367 e. The molecule has 3 aromatic heterocycles. The third-order valence-corrected chi connectivity index (χ3v) is 6.57. The summed E-state index contributed by atoms with van der Waals surface area (Å²) in [6, 6.07) is 11.8. The molecule has 2 aliphatic rings. The Bertz CT molecular complexity index is 1290. The van der Waals surface area contributed by atoms with Gasteiger partial charge >= 0.3 is 0 Å². The molecule has 0 fully saturated rings. The van der Waals surface area contributed by atoms with E-state index >= 15 is 0 Å². The Labute approximate surface area is 174 Å². The zero-order valence-electron chi connectivity index (χ0n) is 16.8. The standard InChI is InChI=1S/C24H22FN5/c1-14-3-2-4-21(28-14)18-11-17-8-7-15-5-6-16-9-10-20(25)19(22(15)16)12-26-23(17)30-13-27-29-24(18)30/h2-4,9-11,13,15,26H,5-8,12H2,1H3. The Morgan fingerprint density at radius 2 is 1.97 bits per heavy atom. The molecule has 4 aromatic rings. The van der Waals surface area contributed by atoms with E-state index in [-0.39, 0.29) is 5.82 Å². The van der Waals surface area contributed by atoms with Crippen LogP contribution in [0.4, 0.5) is 10.2 Å². The van der Waals surface area contributed by atoms with E-state index in [2.05, 4.69) is 21.6 Å². The highest BCUT2D eigenvalue weighted by Gasteiger charge is 2.29. The highest BCUT2D eigenvalue weighted by atomic mass is 19.1. The summed E-state index contributed by atoms with van der Waals surface area (Å²) in [4.78, 5) is 4.71. The summed E-state index contributed by atoms with van der Waals surface area (Å²) < 4.78 is 16.8. The second kappa shape index (κ2) is 6.62. The van der Waals surface area contributed by atoms with Crippen molar-refractivity contribution in [3.8, 4) is 11.3 Å². The van der Waals surface area contributed by atoms with Gasteiger partial charge in [-0.3, -0.25) is 9.38 Å². The van der Waals surface area contributed by atoms with Crippen LogP contribution < -0.4 is 5.32 Å². The van der Waals surface area contributed by atoms with Crippen molar-refractivity contribution in [1.82, 2.24) is 19.6 Å². The molecule has 1 atom stereocenters. The first-order valence-corrected chi connectivity index (χ1v) is 10.5. The van der Waals surface area contributed by atoms with Gasteiger partial charge in [0.1, 0.15) is 18.0 Å². The van der Waals surface area contributed by atoms with E-state index < -0.39 is 0 Å². The zero-order chi connectivity index (χ0) is 20.2. The lowest BCUT2D eigenvalue weighted by molar-refractivity contribution is 0.590. The summed E-state index contributed by atoms with van der Waals surface area (Å²) in [5, 5.41) is 12.1. The monoisotopic (exact) mass is 399 g/mol. The van der Waals surface area contributed by atoms with Crippen LogP contribution >= 0.6 is 0 Å². The van der Waals surface area contributed by atoms with Crippen molar-refractivity contribution in [2.75, 3.05) is 5.32 Å². The van der Waals surface area contributed by atoms with E-state index in [4.69, 9.17) is 4.98 Å². The highest BCUT2D eigenvalue weighted by molar-refractivity contribution is 5.78. The van der Waals surface area contributed by atoms with Crippen LogP contribution in [-0.4, -0.2) is 19.6 Å². The molecule has 1 aromatic carbocycles. The first-order chi connectivity index (χ1) is 14.7. The highest BCUT2D eigenvalue weighted by Crippen LogP contribution is 2.42. The van der Waals surface area contributed by atoms with E-state index in [0.717, 1.165) is 59.7 Å². The molecule has 6 heteroatoms. The van der Waals surface area contributed by atoms with Gasteiger partial charge in [-0.05, 0) is 79.5 Å². The molecule has 0 radical (unpaired) electrons. The maximum Gasteiger partial charge on any atom is 0.171 e. The van der Waals surface area contributed by atoms with E-state index in [0.29, 0.717) is 12.5 Å². The average molecular weight is 399 g/mol. The molecule has 0 amide bonds. The Hall–Kier alpha value is -3.28. The molecule has 0 saturated carbocycles. The van der Waals surface area contributed by atoms with Crippen molar-refractivity contribution < 1.29 is 4.39 Å². The maximum atomic E-state index is 14.8. The number of nitrogens with zero attached hydrogens (tertiary/aromatic N) is 4. The van der Waals surface area contributed by atoms with Crippen molar-refractivity contribution in [3.05, 3.63) is 76.5 Å². The lowest BCUT2D eigenvalue weighted by Gasteiger charge is -2.16. The first-order valence-electron chi connectivity index (χ1n) is 10.5. The number of anilines is 1. The molecule has 1 unspecified atom stereocenters. The lowest BCUT2D eigenvalue weighted by Crippen LogP contribution is -2.10.